The van der Waals surface area contributed by atoms with Crippen LogP contribution in [0.1, 0.15) is 5.56 Å². The number of rotatable bonds is 2. The Balaban J connectivity index is 0.00000128. The number of hydrogen-bond acceptors (Lipinski definition) is 2. The highest BCUT2D eigenvalue weighted by Crippen LogP contribution is 2.13. The molecule has 0 saturated carbocycles. The molecular formula is C11H15ClF2N2. The highest BCUT2D eigenvalue weighted by Gasteiger charge is 2.13. The summed E-state index contributed by atoms with van der Waals surface area (Å²) in [4.78, 5) is 2.12. The smallest absolute Gasteiger partial charge is 0.163 e. The molecule has 1 aromatic rings. The Morgan fingerprint density at radius 1 is 1.19 bits per heavy atom. The first-order valence-corrected chi connectivity index (χ1v) is 5.13. The van der Waals surface area contributed by atoms with Crippen LogP contribution in [0.2, 0.25) is 0 Å². The standard InChI is InChI=1S/C11H14F2N2.ClH/c12-10-3-1-2-9(11(10)13)8-15-6-4-14-5-7-15;/h1-3,14H,4-8H2;1H. The monoisotopic (exact) mass is 248 g/mol. The van der Waals surface area contributed by atoms with Crippen molar-refractivity contribution in [1.82, 2.24) is 10.2 Å². The molecule has 0 amide bonds. The van der Waals surface area contributed by atoms with Crippen LogP contribution in [0.5, 0.6) is 0 Å². The summed E-state index contributed by atoms with van der Waals surface area (Å²) in [6.45, 7) is 4.09. The van der Waals surface area contributed by atoms with E-state index in [2.05, 4.69) is 10.2 Å². The number of piperazine rings is 1. The highest BCUT2D eigenvalue weighted by atomic mass is 35.5. The first-order valence-electron chi connectivity index (χ1n) is 5.13. The van der Waals surface area contributed by atoms with Gasteiger partial charge in [-0.1, -0.05) is 12.1 Å². The molecule has 0 aromatic heterocycles. The summed E-state index contributed by atoms with van der Waals surface area (Å²) in [7, 11) is 0. The Labute approximate surface area is 100 Å². The third-order valence-electron chi connectivity index (χ3n) is 2.64. The first-order chi connectivity index (χ1) is 7.27. The second-order valence-electron chi connectivity index (χ2n) is 3.74. The molecule has 0 spiro atoms. The molecule has 0 unspecified atom stereocenters. The van der Waals surface area contributed by atoms with Crippen molar-refractivity contribution in [3.05, 3.63) is 35.4 Å². The van der Waals surface area contributed by atoms with Crippen molar-refractivity contribution >= 4 is 12.4 Å². The number of nitrogens with one attached hydrogen (secondary N) is 1. The molecular weight excluding hydrogens is 234 g/mol. The summed E-state index contributed by atoms with van der Waals surface area (Å²) < 4.78 is 26.3. The second-order valence-corrected chi connectivity index (χ2v) is 3.74. The molecule has 1 aliphatic heterocycles. The first kappa shape index (κ1) is 13.4. The molecule has 2 rings (SSSR count). The van der Waals surface area contributed by atoms with Crippen molar-refractivity contribution in [1.29, 1.82) is 0 Å². The van der Waals surface area contributed by atoms with Gasteiger partial charge in [0.15, 0.2) is 11.6 Å². The van der Waals surface area contributed by atoms with Gasteiger partial charge in [0.2, 0.25) is 0 Å². The quantitative estimate of drug-likeness (QED) is 0.859. The lowest BCUT2D eigenvalue weighted by atomic mass is 10.2. The number of benzene rings is 1. The largest absolute Gasteiger partial charge is 0.314 e. The number of hydrogen-bond donors (Lipinski definition) is 1. The van der Waals surface area contributed by atoms with Crippen LogP contribution in [0.25, 0.3) is 0 Å². The molecule has 16 heavy (non-hydrogen) atoms. The third-order valence-corrected chi connectivity index (χ3v) is 2.64. The fourth-order valence-corrected chi connectivity index (χ4v) is 1.78. The number of nitrogens with zero attached hydrogens (tertiary/aromatic N) is 1. The summed E-state index contributed by atoms with van der Waals surface area (Å²) in [5.41, 5.74) is 0.442. The zero-order valence-corrected chi connectivity index (χ0v) is 9.70. The summed E-state index contributed by atoms with van der Waals surface area (Å²) >= 11 is 0. The molecule has 1 saturated heterocycles. The van der Waals surface area contributed by atoms with E-state index in [4.69, 9.17) is 0 Å². The van der Waals surface area contributed by atoms with Gasteiger partial charge in [0.1, 0.15) is 0 Å². The topological polar surface area (TPSA) is 15.3 Å². The zero-order chi connectivity index (χ0) is 10.7. The van der Waals surface area contributed by atoms with Crippen molar-refractivity contribution in [2.24, 2.45) is 0 Å². The minimum atomic E-state index is -0.761. The summed E-state index contributed by atoms with van der Waals surface area (Å²) in [6, 6.07) is 4.34. The molecule has 1 heterocycles. The van der Waals surface area contributed by atoms with Gasteiger partial charge in [0.05, 0.1) is 0 Å². The maximum Gasteiger partial charge on any atom is 0.163 e. The Bertz CT molecular complexity index is 341. The second kappa shape index (κ2) is 6.13. The maximum atomic E-state index is 13.3. The van der Waals surface area contributed by atoms with Gasteiger partial charge >= 0.3 is 0 Å². The average molecular weight is 249 g/mol. The van der Waals surface area contributed by atoms with Crippen LogP contribution in [-0.2, 0) is 6.54 Å². The Morgan fingerprint density at radius 2 is 1.88 bits per heavy atom. The van der Waals surface area contributed by atoms with Crippen molar-refractivity contribution < 1.29 is 8.78 Å². The Morgan fingerprint density at radius 3 is 2.56 bits per heavy atom. The normalized spacial score (nSPS) is 16.9. The average Bonchev–Trinajstić information content (AvgIpc) is 2.26. The molecule has 90 valence electrons. The van der Waals surface area contributed by atoms with E-state index >= 15 is 0 Å². The van der Waals surface area contributed by atoms with E-state index in [9.17, 15) is 8.78 Å². The van der Waals surface area contributed by atoms with Crippen LogP contribution in [0, 0.1) is 11.6 Å². The lowest BCUT2D eigenvalue weighted by Crippen LogP contribution is -2.43. The zero-order valence-electron chi connectivity index (χ0n) is 8.88. The van der Waals surface area contributed by atoms with Crippen LogP contribution >= 0.6 is 12.4 Å². The molecule has 0 aliphatic carbocycles. The minimum absolute atomic E-state index is 0. The van der Waals surface area contributed by atoms with Gasteiger partial charge in [-0.05, 0) is 6.07 Å². The minimum Gasteiger partial charge on any atom is -0.314 e. The number of halogens is 3. The van der Waals surface area contributed by atoms with Crippen molar-refractivity contribution in [3.8, 4) is 0 Å². The molecule has 5 heteroatoms. The van der Waals surface area contributed by atoms with Gasteiger partial charge in [-0.3, -0.25) is 4.90 Å². The summed E-state index contributed by atoms with van der Waals surface area (Å²) in [5.74, 6) is -1.47. The Kier molecular flexibility index (Phi) is 5.12. The van der Waals surface area contributed by atoms with E-state index in [0.717, 1.165) is 32.2 Å². The van der Waals surface area contributed by atoms with Crippen molar-refractivity contribution in [3.63, 3.8) is 0 Å². The summed E-state index contributed by atoms with van der Waals surface area (Å²) in [5, 5.41) is 3.22. The lowest BCUT2D eigenvalue weighted by molar-refractivity contribution is 0.229. The molecule has 0 bridgehead atoms. The fourth-order valence-electron chi connectivity index (χ4n) is 1.78. The predicted molar refractivity (Wildman–Crippen MR) is 61.8 cm³/mol. The summed E-state index contributed by atoms with van der Waals surface area (Å²) in [6.07, 6.45) is 0. The third kappa shape index (κ3) is 3.14. The van der Waals surface area contributed by atoms with Gasteiger partial charge in [-0.2, -0.15) is 0 Å². The van der Waals surface area contributed by atoms with E-state index in [0.29, 0.717) is 12.1 Å². The highest BCUT2D eigenvalue weighted by molar-refractivity contribution is 5.85. The van der Waals surface area contributed by atoms with Crippen LogP contribution in [0.3, 0.4) is 0 Å². The Hall–Kier alpha value is -0.710. The van der Waals surface area contributed by atoms with Gasteiger partial charge in [-0.25, -0.2) is 8.78 Å². The molecule has 1 aliphatic rings. The van der Waals surface area contributed by atoms with Crippen LogP contribution in [0.4, 0.5) is 8.78 Å². The molecule has 2 nitrogen and oxygen atoms in total. The molecule has 1 aromatic carbocycles. The van der Waals surface area contributed by atoms with Crippen molar-refractivity contribution in [2.45, 2.75) is 6.54 Å². The van der Waals surface area contributed by atoms with Crippen LogP contribution < -0.4 is 5.32 Å². The SMILES string of the molecule is Cl.Fc1cccc(CN2CCNCC2)c1F. The van der Waals surface area contributed by atoms with Gasteiger partial charge in [-0.15, -0.1) is 12.4 Å². The molecule has 1 fully saturated rings. The fraction of sp³-hybridized carbons (Fsp3) is 0.455. The van der Waals surface area contributed by atoms with E-state index in [1.54, 1.807) is 12.1 Å². The molecule has 1 N–H and O–H groups in total. The van der Waals surface area contributed by atoms with Crippen LogP contribution in [-0.4, -0.2) is 31.1 Å². The van der Waals surface area contributed by atoms with Gasteiger partial charge < -0.3 is 5.32 Å². The van der Waals surface area contributed by atoms with Gasteiger partial charge in [0.25, 0.3) is 0 Å². The predicted octanol–water partition coefficient (Wildman–Crippen LogP) is 1.79. The maximum absolute atomic E-state index is 13.3. The van der Waals surface area contributed by atoms with Gasteiger partial charge in [0, 0.05) is 38.3 Å². The molecule has 0 radical (unpaired) electrons. The van der Waals surface area contributed by atoms with E-state index in [1.807, 2.05) is 0 Å². The van der Waals surface area contributed by atoms with E-state index in [1.165, 1.54) is 0 Å². The van der Waals surface area contributed by atoms with E-state index in [-0.39, 0.29) is 12.4 Å². The lowest BCUT2D eigenvalue weighted by Gasteiger charge is -2.27. The van der Waals surface area contributed by atoms with E-state index < -0.39 is 11.6 Å². The molecule has 0 atom stereocenters. The van der Waals surface area contributed by atoms with Crippen LogP contribution in [0.15, 0.2) is 18.2 Å². The van der Waals surface area contributed by atoms with Crippen molar-refractivity contribution in [2.75, 3.05) is 26.2 Å².